The molecule has 0 radical (unpaired) electrons. The van der Waals surface area contributed by atoms with Gasteiger partial charge in [-0.1, -0.05) is 11.6 Å². The minimum absolute atomic E-state index is 0.529. The summed E-state index contributed by atoms with van der Waals surface area (Å²) >= 11 is 1.35. The number of aryl methyl sites for hydroxylation is 1. The molecule has 86 valence electrons. The highest BCUT2D eigenvalue weighted by atomic mass is 32.1. The van der Waals surface area contributed by atoms with E-state index in [-0.39, 0.29) is 0 Å². The van der Waals surface area contributed by atoms with Crippen molar-refractivity contribution < 1.29 is 4.74 Å². The van der Waals surface area contributed by atoms with Gasteiger partial charge in [-0.2, -0.15) is 5.26 Å². The predicted molar refractivity (Wildman–Crippen MR) is 70.2 cm³/mol. The standard InChI is InChI=1S/C13H12N2OS/c1-8-3-4-11(16-2)9(5-8)10-7-17-12(6-14)13(10)15/h3-5,7H,15H2,1-2H3. The second-order valence-corrected chi connectivity index (χ2v) is 4.59. The van der Waals surface area contributed by atoms with Crippen LogP contribution in [0.4, 0.5) is 5.69 Å². The molecule has 2 rings (SSSR count). The fourth-order valence-corrected chi connectivity index (χ4v) is 2.47. The van der Waals surface area contributed by atoms with Crippen molar-refractivity contribution in [3.8, 4) is 22.9 Å². The minimum atomic E-state index is 0.529. The molecule has 0 atom stereocenters. The van der Waals surface area contributed by atoms with Crippen LogP contribution in [0.25, 0.3) is 11.1 Å². The van der Waals surface area contributed by atoms with Crippen LogP contribution in [0.2, 0.25) is 0 Å². The fraction of sp³-hybridized carbons (Fsp3) is 0.154. The monoisotopic (exact) mass is 244 g/mol. The Morgan fingerprint density at radius 2 is 2.12 bits per heavy atom. The molecule has 17 heavy (non-hydrogen) atoms. The molecule has 0 unspecified atom stereocenters. The highest BCUT2D eigenvalue weighted by Crippen LogP contribution is 2.38. The van der Waals surface area contributed by atoms with Gasteiger partial charge in [-0.15, -0.1) is 11.3 Å². The zero-order chi connectivity index (χ0) is 12.4. The topological polar surface area (TPSA) is 59.0 Å². The summed E-state index contributed by atoms with van der Waals surface area (Å²) in [7, 11) is 1.63. The first-order valence-electron chi connectivity index (χ1n) is 5.09. The first kappa shape index (κ1) is 11.5. The summed E-state index contributed by atoms with van der Waals surface area (Å²) < 4.78 is 5.32. The molecule has 3 nitrogen and oxygen atoms in total. The molecule has 0 saturated heterocycles. The molecular weight excluding hydrogens is 232 g/mol. The minimum Gasteiger partial charge on any atom is -0.496 e. The summed E-state index contributed by atoms with van der Waals surface area (Å²) in [6.07, 6.45) is 0. The molecule has 4 heteroatoms. The number of ether oxygens (including phenoxy) is 1. The van der Waals surface area contributed by atoms with Gasteiger partial charge in [0.25, 0.3) is 0 Å². The Labute approximate surface area is 104 Å². The summed E-state index contributed by atoms with van der Waals surface area (Å²) in [5, 5.41) is 10.8. The number of hydrogen-bond donors (Lipinski definition) is 1. The van der Waals surface area contributed by atoms with Crippen LogP contribution < -0.4 is 10.5 Å². The smallest absolute Gasteiger partial charge is 0.128 e. The van der Waals surface area contributed by atoms with Crippen LogP contribution in [0.3, 0.4) is 0 Å². The third-order valence-electron chi connectivity index (χ3n) is 2.58. The maximum Gasteiger partial charge on any atom is 0.128 e. The van der Waals surface area contributed by atoms with E-state index in [0.717, 1.165) is 22.4 Å². The number of nitrogens with zero attached hydrogens (tertiary/aromatic N) is 1. The van der Waals surface area contributed by atoms with Gasteiger partial charge in [-0.25, -0.2) is 0 Å². The predicted octanol–water partition coefficient (Wildman–Crippen LogP) is 3.19. The van der Waals surface area contributed by atoms with Gasteiger partial charge in [0, 0.05) is 16.5 Å². The van der Waals surface area contributed by atoms with Crippen LogP contribution >= 0.6 is 11.3 Å². The van der Waals surface area contributed by atoms with Gasteiger partial charge >= 0.3 is 0 Å². The molecule has 0 spiro atoms. The van der Waals surface area contributed by atoms with Crippen molar-refractivity contribution in [3.63, 3.8) is 0 Å². The molecule has 0 aliphatic carbocycles. The Morgan fingerprint density at radius 3 is 2.71 bits per heavy atom. The number of anilines is 1. The average Bonchev–Trinajstić information content (AvgIpc) is 2.70. The van der Waals surface area contributed by atoms with Crippen molar-refractivity contribution in [3.05, 3.63) is 34.0 Å². The van der Waals surface area contributed by atoms with Gasteiger partial charge in [0.1, 0.15) is 16.7 Å². The largest absolute Gasteiger partial charge is 0.496 e. The number of rotatable bonds is 2. The van der Waals surface area contributed by atoms with Gasteiger partial charge in [0.2, 0.25) is 0 Å². The van der Waals surface area contributed by atoms with Gasteiger partial charge in [-0.3, -0.25) is 0 Å². The lowest BCUT2D eigenvalue weighted by Gasteiger charge is -2.09. The third-order valence-corrected chi connectivity index (χ3v) is 3.48. The molecule has 2 aromatic rings. The highest BCUT2D eigenvalue weighted by Gasteiger charge is 2.13. The molecule has 0 amide bonds. The summed E-state index contributed by atoms with van der Waals surface area (Å²) in [6, 6.07) is 8.00. The fourth-order valence-electron chi connectivity index (χ4n) is 1.69. The zero-order valence-electron chi connectivity index (χ0n) is 9.65. The summed E-state index contributed by atoms with van der Waals surface area (Å²) in [5.41, 5.74) is 9.41. The summed E-state index contributed by atoms with van der Waals surface area (Å²) in [6.45, 7) is 2.01. The molecule has 2 N–H and O–H groups in total. The van der Waals surface area contributed by atoms with Gasteiger partial charge < -0.3 is 10.5 Å². The van der Waals surface area contributed by atoms with Crippen LogP contribution in [0.5, 0.6) is 5.75 Å². The van der Waals surface area contributed by atoms with E-state index in [2.05, 4.69) is 6.07 Å². The van der Waals surface area contributed by atoms with E-state index in [1.165, 1.54) is 11.3 Å². The van der Waals surface area contributed by atoms with E-state index in [9.17, 15) is 0 Å². The van der Waals surface area contributed by atoms with Crippen LogP contribution in [0.15, 0.2) is 23.6 Å². The molecule has 1 aromatic heterocycles. The lowest BCUT2D eigenvalue weighted by molar-refractivity contribution is 0.416. The van der Waals surface area contributed by atoms with Crippen LogP contribution in [0.1, 0.15) is 10.4 Å². The molecule has 0 bridgehead atoms. The van der Waals surface area contributed by atoms with Crippen molar-refractivity contribution >= 4 is 17.0 Å². The number of methoxy groups -OCH3 is 1. The van der Waals surface area contributed by atoms with E-state index >= 15 is 0 Å². The van der Waals surface area contributed by atoms with Gasteiger partial charge in [0.15, 0.2) is 0 Å². The Morgan fingerprint density at radius 1 is 1.35 bits per heavy atom. The third kappa shape index (κ3) is 1.97. The average molecular weight is 244 g/mol. The van der Waals surface area contributed by atoms with Crippen molar-refractivity contribution in [1.82, 2.24) is 0 Å². The van der Waals surface area contributed by atoms with Crippen molar-refractivity contribution in [2.24, 2.45) is 0 Å². The molecule has 0 saturated carbocycles. The molecule has 0 aliphatic heterocycles. The number of nitrogens with two attached hydrogens (primary N) is 1. The second kappa shape index (κ2) is 4.48. The maximum absolute atomic E-state index is 8.91. The lowest BCUT2D eigenvalue weighted by atomic mass is 10.0. The lowest BCUT2D eigenvalue weighted by Crippen LogP contribution is -1.92. The summed E-state index contributed by atoms with van der Waals surface area (Å²) in [4.78, 5) is 0.545. The molecule has 1 heterocycles. The molecule has 1 aromatic carbocycles. The number of hydrogen-bond acceptors (Lipinski definition) is 4. The van der Waals surface area contributed by atoms with Crippen LogP contribution in [-0.2, 0) is 0 Å². The van der Waals surface area contributed by atoms with Crippen molar-refractivity contribution in [2.45, 2.75) is 6.92 Å². The van der Waals surface area contributed by atoms with E-state index in [4.69, 9.17) is 15.7 Å². The first-order valence-corrected chi connectivity index (χ1v) is 5.97. The van der Waals surface area contributed by atoms with E-state index < -0.39 is 0 Å². The van der Waals surface area contributed by atoms with E-state index in [1.54, 1.807) is 7.11 Å². The van der Waals surface area contributed by atoms with Crippen LogP contribution in [0, 0.1) is 18.3 Å². The second-order valence-electron chi connectivity index (χ2n) is 3.71. The van der Waals surface area contributed by atoms with E-state index in [1.807, 2.05) is 30.5 Å². The highest BCUT2D eigenvalue weighted by molar-refractivity contribution is 7.11. The Bertz CT molecular complexity index is 596. The van der Waals surface area contributed by atoms with Gasteiger partial charge in [-0.05, 0) is 19.1 Å². The maximum atomic E-state index is 8.91. The molecule has 0 aliphatic rings. The normalized spacial score (nSPS) is 9.94. The van der Waals surface area contributed by atoms with Crippen molar-refractivity contribution in [1.29, 1.82) is 5.26 Å². The number of thiophene rings is 1. The molecule has 0 fully saturated rings. The summed E-state index contributed by atoms with van der Waals surface area (Å²) in [5.74, 6) is 0.768. The quantitative estimate of drug-likeness (QED) is 0.882. The molecular formula is C13H12N2OS. The van der Waals surface area contributed by atoms with Crippen LogP contribution in [-0.4, -0.2) is 7.11 Å². The first-order chi connectivity index (χ1) is 8.17. The Hall–Kier alpha value is -1.99. The number of nitriles is 1. The Balaban J connectivity index is 2.63. The van der Waals surface area contributed by atoms with Crippen molar-refractivity contribution in [2.75, 3.05) is 12.8 Å². The zero-order valence-corrected chi connectivity index (χ0v) is 10.5. The van der Waals surface area contributed by atoms with Gasteiger partial charge in [0.05, 0.1) is 12.8 Å². The number of benzene rings is 1. The van der Waals surface area contributed by atoms with E-state index in [0.29, 0.717) is 10.6 Å². The number of nitrogen functional groups attached to an aromatic ring is 1. The Kier molecular flexibility index (Phi) is 3.03. The SMILES string of the molecule is COc1ccc(C)cc1-c1csc(C#N)c1N.